The Morgan fingerprint density at radius 1 is 1.08 bits per heavy atom. The molecule has 3 aliphatic heterocycles. The van der Waals surface area contributed by atoms with Crippen molar-refractivity contribution in [1.29, 1.82) is 0 Å². The molecule has 0 fully saturated rings. The zero-order chi connectivity index (χ0) is 37.5. The first-order valence-corrected chi connectivity index (χ1v) is 19.8. The van der Waals surface area contributed by atoms with E-state index in [9.17, 15) is 22.4 Å². The number of nitrogens with one attached hydrogen (secondary N) is 1. The van der Waals surface area contributed by atoms with Gasteiger partial charge in [0.1, 0.15) is 11.4 Å². The number of anilines is 2. The number of sulfone groups is 1. The average Bonchev–Trinajstić information content (AvgIpc) is 3.35. The maximum Gasteiger partial charge on any atom is 0.306 e. The summed E-state index contributed by atoms with van der Waals surface area (Å²) in [5, 5.41) is -0.939. The van der Waals surface area contributed by atoms with Gasteiger partial charge in [0, 0.05) is 73.5 Å². The third kappa shape index (κ3) is 7.65. The number of ether oxygens (including phenoxy) is 1. The zero-order valence-electron chi connectivity index (χ0n) is 30.5. The van der Waals surface area contributed by atoms with E-state index >= 15 is 4.39 Å². The van der Waals surface area contributed by atoms with Gasteiger partial charge >= 0.3 is 5.97 Å². The Labute approximate surface area is 304 Å². The van der Waals surface area contributed by atoms with Crippen molar-refractivity contribution < 1.29 is 31.5 Å². The van der Waals surface area contributed by atoms with Gasteiger partial charge in [0.05, 0.1) is 35.1 Å². The van der Waals surface area contributed by atoms with Crippen molar-refractivity contribution in [3.8, 4) is 0 Å². The molecular formula is C39H47F2N5O5S. The summed E-state index contributed by atoms with van der Waals surface area (Å²) >= 11 is 0. The van der Waals surface area contributed by atoms with Crippen LogP contribution in [0.5, 0.6) is 0 Å². The fourth-order valence-corrected chi connectivity index (χ4v) is 8.61. The molecule has 52 heavy (non-hydrogen) atoms. The van der Waals surface area contributed by atoms with E-state index in [0.717, 1.165) is 78.9 Å². The molecule has 0 aliphatic carbocycles. The molecule has 13 heteroatoms. The van der Waals surface area contributed by atoms with E-state index < -0.39 is 32.3 Å². The van der Waals surface area contributed by atoms with Crippen molar-refractivity contribution in [2.24, 2.45) is 0 Å². The Hall–Kier alpha value is -4.52. The monoisotopic (exact) mass is 735 g/mol. The van der Waals surface area contributed by atoms with E-state index in [1.54, 1.807) is 21.9 Å². The van der Waals surface area contributed by atoms with Crippen LogP contribution >= 0.6 is 0 Å². The molecule has 0 radical (unpaired) electrons. The molecular weight excluding hydrogens is 689 g/mol. The Morgan fingerprint density at radius 2 is 1.79 bits per heavy atom. The number of rotatable bonds is 11. The smallest absolute Gasteiger partial charge is 0.306 e. The minimum Gasteiger partial charge on any atom is -0.460 e. The summed E-state index contributed by atoms with van der Waals surface area (Å²) in [5.74, 6) is -2.28. The SMILES string of the molecule is C=C1c2[nH]cc3c2C(=CN1C)c1cc2c(cc1N(c1ncc(F)cc1F)C3)C(=O)N(CCCCCCCCC(=O)OC(C)(C)C)CCC2S(C)(=O)=O. The number of hydrogen-bond acceptors (Lipinski definition) is 8. The second-order valence-corrected chi connectivity index (χ2v) is 17.3. The van der Waals surface area contributed by atoms with E-state index in [0.29, 0.717) is 29.8 Å². The standard InChI is InChI=1S/C39H47F2N5O5S/c1-24-36-35-25(20-42-36)22-46(37-31(41)17-26(40)21-43-37)32-19-29-28(18-27(32)30(35)23-44(24)5)33(52(6,49)50)14-16-45(38(29)48)15-12-10-8-7-9-11-13-34(47)51-39(2,3)4/h17-21,23,33,42H,1,7-16,22H2,2-6H3. The highest BCUT2D eigenvalue weighted by Crippen LogP contribution is 2.49. The Kier molecular flexibility index (Phi) is 10.4. The van der Waals surface area contributed by atoms with E-state index in [1.165, 1.54) is 6.26 Å². The van der Waals surface area contributed by atoms with Crippen LogP contribution in [0.25, 0.3) is 11.3 Å². The third-order valence-corrected chi connectivity index (χ3v) is 11.4. The van der Waals surface area contributed by atoms with Crippen molar-refractivity contribution in [2.45, 2.75) is 89.5 Å². The summed E-state index contributed by atoms with van der Waals surface area (Å²) in [6, 6.07) is 4.21. The van der Waals surface area contributed by atoms with Crippen LogP contribution in [-0.2, 0) is 25.9 Å². The number of carbonyl (C=O) groups excluding carboxylic acids is 2. The van der Waals surface area contributed by atoms with Crippen molar-refractivity contribution in [2.75, 3.05) is 31.3 Å². The summed E-state index contributed by atoms with van der Waals surface area (Å²) in [5.41, 5.74) is 5.12. The molecule has 1 amide bonds. The van der Waals surface area contributed by atoms with Gasteiger partial charge in [0.2, 0.25) is 0 Å². The summed E-state index contributed by atoms with van der Waals surface area (Å²) in [6.45, 7) is 10.6. The average molecular weight is 736 g/mol. The Bertz CT molecular complexity index is 2050. The molecule has 0 saturated heterocycles. The Balaban J connectivity index is 1.30. The zero-order valence-corrected chi connectivity index (χ0v) is 31.3. The maximum absolute atomic E-state index is 15.5. The van der Waals surface area contributed by atoms with Gasteiger partial charge in [-0.2, -0.15) is 0 Å². The highest BCUT2D eigenvalue weighted by Gasteiger charge is 2.38. The van der Waals surface area contributed by atoms with Crippen molar-refractivity contribution in [1.82, 2.24) is 19.8 Å². The minimum absolute atomic E-state index is 0.118. The lowest BCUT2D eigenvalue weighted by molar-refractivity contribution is -0.154. The molecule has 3 aliphatic rings. The number of nitrogens with zero attached hydrogens (tertiary/aromatic N) is 4. The fourth-order valence-electron chi connectivity index (χ4n) is 7.42. The molecule has 278 valence electrons. The Morgan fingerprint density at radius 3 is 2.48 bits per heavy atom. The van der Waals surface area contributed by atoms with Crippen LogP contribution in [0.2, 0.25) is 0 Å². The largest absolute Gasteiger partial charge is 0.460 e. The molecule has 3 aromatic rings. The van der Waals surface area contributed by atoms with Crippen LogP contribution in [0.4, 0.5) is 20.3 Å². The van der Waals surface area contributed by atoms with Gasteiger partial charge in [-0.25, -0.2) is 22.2 Å². The summed E-state index contributed by atoms with van der Waals surface area (Å²) in [6.07, 6.45) is 11.7. The number of carbonyl (C=O) groups is 2. The highest BCUT2D eigenvalue weighted by molar-refractivity contribution is 7.90. The van der Waals surface area contributed by atoms with Crippen molar-refractivity contribution in [3.05, 3.63) is 88.5 Å². The number of halogens is 2. The van der Waals surface area contributed by atoms with Gasteiger partial charge in [-0.3, -0.25) is 9.59 Å². The number of aromatic nitrogens is 2. The molecule has 1 aromatic carbocycles. The molecule has 0 spiro atoms. The normalized spacial score (nSPS) is 17.2. The van der Waals surface area contributed by atoms with Crippen LogP contribution in [0, 0.1) is 11.6 Å². The molecule has 2 aromatic heterocycles. The molecule has 6 rings (SSSR count). The van der Waals surface area contributed by atoms with E-state index in [4.69, 9.17) is 4.74 Å². The van der Waals surface area contributed by atoms with Crippen molar-refractivity contribution >= 4 is 44.5 Å². The number of aromatic amines is 1. The number of benzene rings is 1. The lowest BCUT2D eigenvalue weighted by atomic mass is 9.89. The number of fused-ring (bicyclic) bond motifs is 3. The number of esters is 1. The van der Waals surface area contributed by atoms with E-state index in [1.807, 2.05) is 45.1 Å². The molecule has 0 saturated carbocycles. The number of amides is 1. The maximum atomic E-state index is 15.5. The van der Waals surface area contributed by atoms with Crippen LogP contribution in [0.1, 0.15) is 116 Å². The van der Waals surface area contributed by atoms with Gasteiger partial charge < -0.3 is 24.4 Å². The van der Waals surface area contributed by atoms with Crippen molar-refractivity contribution in [3.63, 3.8) is 0 Å². The molecule has 1 unspecified atom stereocenters. The topological polar surface area (TPSA) is 116 Å². The highest BCUT2D eigenvalue weighted by atomic mass is 32.2. The van der Waals surface area contributed by atoms with Gasteiger partial charge in [-0.05, 0) is 63.3 Å². The second kappa shape index (κ2) is 14.5. The molecule has 10 nitrogen and oxygen atoms in total. The van der Waals surface area contributed by atoms with E-state index in [2.05, 4.69) is 16.5 Å². The first kappa shape index (κ1) is 37.2. The first-order chi connectivity index (χ1) is 24.5. The minimum atomic E-state index is -3.65. The fraction of sp³-hybridized carbons (Fsp3) is 0.462. The third-order valence-electron chi connectivity index (χ3n) is 9.91. The second-order valence-electron chi connectivity index (χ2n) is 15.0. The van der Waals surface area contributed by atoms with Crippen LogP contribution in [0.3, 0.4) is 0 Å². The van der Waals surface area contributed by atoms with Gasteiger partial charge in [0.15, 0.2) is 21.5 Å². The van der Waals surface area contributed by atoms with E-state index in [-0.39, 0.29) is 42.8 Å². The van der Waals surface area contributed by atoms with Crippen LogP contribution in [0.15, 0.2) is 43.4 Å². The summed E-state index contributed by atoms with van der Waals surface area (Å²) in [4.78, 5) is 39.0. The molecule has 5 heterocycles. The predicted octanol–water partition coefficient (Wildman–Crippen LogP) is 7.65. The number of H-pyrrole nitrogens is 1. The number of pyridine rings is 1. The number of unbranched alkanes of at least 4 members (excludes halogenated alkanes) is 5. The number of hydrogen-bond donors (Lipinski definition) is 1. The van der Waals surface area contributed by atoms with Crippen LogP contribution < -0.4 is 4.90 Å². The summed E-state index contributed by atoms with van der Waals surface area (Å²) < 4.78 is 61.7. The predicted molar refractivity (Wildman–Crippen MR) is 197 cm³/mol. The van der Waals surface area contributed by atoms with Gasteiger partial charge in [-0.1, -0.05) is 32.3 Å². The molecule has 1 atom stereocenters. The summed E-state index contributed by atoms with van der Waals surface area (Å²) in [7, 11) is -1.80. The first-order valence-electron chi connectivity index (χ1n) is 17.8. The van der Waals surface area contributed by atoms with Gasteiger partial charge in [0.25, 0.3) is 5.91 Å². The molecule has 1 N–H and O–H groups in total. The molecule has 0 bridgehead atoms. The quantitative estimate of drug-likeness (QED) is 0.158. The van der Waals surface area contributed by atoms with Crippen LogP contribution in [-0.4, -0.2) is 72.1 Å². The lowest BCUT2D eigenvalue weighted by Crippen LogP contribution is -2.32. The lowest BCUT2D eigenvalue weighted by Gasteiger charge is -2.29. The van der Waals surface area contributed by atoms with Gasteiger partial charge in [-0.15, -0.1) is 0 Å².